The Hall–Kier alpha value is -0.250. The predicted molar refractivity (Wildman–Crippen MR) is 66.4 cm³/mol. The first kappa shape index (κ1) is 14.2. The van der Waals surface area contributed by atoms with E-state index in [4.69, 9.17) is 0 Å². The van der Waals surface area contributed by atoms with Crippen LogP contribution < -0.4 is 5.32 Å². The number of hydrogen-bond acceptors (Lipinski definition) is 1. The van der Waals surface area contributed by atoms with Gasteiger partial charge in [0, 0.05) is 12.6 Å². The summed E-state index contributed by atoms with van der Waals surface area (Å²) in [4.78, 5) is 0. The molecule has 1 saturated carbocycles. The Morgan fingerprint density at radius 2 is 1.61 bits per heavy atom. The van der Waals surface area contributed by atoms with Crippen LogP contribution in [-0.2, 0) is 0 Å². The quantitative estimate of drug-likeness (QED) is 0.801. The number of halogens is 3. The van der Waals surface area contributed by atoms with Gasteiger partial charge in [-0.1, -0.05) is 32.1 Å². The molecule has 1 N–H and O–H groups in total. The van der Waals surface area contributed by atoms with E-state index in [-0.39, 0.29) is 6.54 Å². The summed E-state index contributed by atoms with van der Waals surface area (Å²) in [5, 5.41) is 3.10. The first-order chi connectivity index (χ1) is 8.55. The van der Waals surface area contributed by atoms with Crippen molar-refractivity contribution in [3.63, 3.8) is 0 Å². The molecule has 0 aromatic carbocycles. The number of nitrogens with one attached hydrogen (secondary N) is 1. The lowest BCUT2D eigenvalue weighted by Gasteiger charge is -2.32. The van der Waals surface area contributed by atoms with Gasteiger partial charge in [-0.05, 0) is 31.6 Å². The molecule has 1 aliphatic carbocycles. The number of hydrogen-bond donors (Lipinski definition) is 1. The van der Waals surface area contributed by atoms with Crippen LogP contribution in [0, 0.1) is 11.8 Å². The van der Waals surface area contributed by atoms with Crippen LogP contribution in [0.1, 0.15) is 57.8 Å². The topological polar surface area (TPSA) is 12.0 Å². The molecule has 1 heterocycles. The summed E-state index contributed by atoms with van der Waals surface area (Å²) in [5.41, 5.74) is 0. The molecule has 0 radical (unpaired) electrons. The van der Waals surface area contributed by atoms with Gasteiger partial charge in [-0.3, -0.25) is 0 Å². The Bertz CT molecular complexity index is 238. The minimum atomic E-state index is -4.01. The molecule has 2 fully saturated rings. The molecule has 1 nitrogen and oxygen atoms in total. The molecular formula is C14H24F3N. The molecule has 106 valence electrons. The maximum atomic E-state index is 12.5. The summed E-state index contributed by atoms with van der Waals surface area (Å²) in [6.45, 7) is 0.124. The van der Waals surface area contributed by atoms with Crippen LogP contribution in [0.4, 0.5) is 13.2 Å². The fourth-order valence-corrected chi connectivity index (χ4v) is 3.35. The van der Waals surface area contributed by atoms with Gasteiger partial charge in [0.25, 0.3) is 0 Å². The Labute approximate surface area is 108 Å². The van der Waals surface area contributed by atoms with Gasteiger partial charge in [-0.25, -0.2) is 0 Å². The number of rotatable bonds is 3. The molecule has 2 aliphatic rings. The van der Waals surface area contributed by atoms with Crippen LogP contribution in [-0.4, -0.2) is 18.8 Å². The highest BCUT2D eigenvalue weighted by Crippen LogP contribution is 2.33. The van der Waals surface area contributed by atoms with Crippen molar-refractivity contribution in [1.82, 2.24) is 5.32 Å². The Morgan fingerprint density at radius 3 is 2.17 bits per heavy atom. The maximum absolute atomic E-state index is 12.5. The molecule has 1 saturated heterocycles. The fourth-order valence-electron chi connectivity index (χ4n) is 3.35. The van der Waals surface area contributed by atoms with Crippen LogP contribution >= 0.6 is 0 Å². The van der Waals surface area contributed by atoms with E-state index >= 15 is 0 Å². The first-order valence-corrected chi connectivity index (χ1v) is 7.36. The van der Waals surface area contributed by atoms with Crippen molar-refractivity contribution in [2.75, 3.05) is 6.54 Å². The van der Waals surface area contributed by atoms with E-state index in [0.717, 1.165) is 12.3 Å². The van der Waals surface area contributed by atoms with E-state index in [0.29, 0.717) is 18.9 Å². The molecule has 2 rings (SSSR count). The third-order valence-electron chi connectivity index (χ3n) is 4.63. The van der Waals surface area contributed by atoms with Crippen molar-refractivity contribution in [2.45, 2.75) is 70.0 Å². The van der Waals surface area contributed by atoms with Crippen LogP contribution in [0.5, 0.6) is 0 Å². The Morgan fingerprint density at radius 1 is 0.889 bits per heavy atom. The van der Waals surface area contributed by atoms with Crippen molar-refractivity contribution in [1.29, 1.82) is 0 Å². The lowest BCUT2D eigenvalue weighted by Crippen LogP contribution is -2.44. The van der Waals surface area contributed by atoms with Gasteiger partial charge in [-0.2, -0.15) is 13.2 Å². The highest BCUT2D eigenvalue weighted by atomic mass is 19.4. The summed E-state index contributed by atoms with van der Waals surface area (Å²) in [6, 6.07) is 0.325. The lowest BCUT2D eigenvalue weighted by molar-refractivity contribution is -0.179. The average Bonchev–Trinajstić information content (AvgIpc) is 2.37. The van der Waals surface area contributed by atoms with Gasteiger partial charge in [-0.15, -0.1) is 0 Å². The largest absolute Gasteiger partial charge is 0.393 e. The Balaban J connectivity index is 1.64. The molecule has 0 spiro atoms. The third kappa shape index (κ3) is 4.15. The second-order valence-corrected chi connectivity index (χ2v) is 6.00. The molecule has 0 aromatic heterocycles. The van der Waals surface area contributed by atoms with Crippen molar-refractivity contribution in [3.8, 4) is 0 Å². The van der Waals surface area contributed by atoms with Gasteiger partial charge in [0.2, 0.25) is 0 Å². The van der Waals surface area contributed by atoms with Crippen molar-refractivity contribution in [2.24, 2.45) is 11.8 Å². The molecule has 1 aliphatic heterocycles. The molecule has 0 aromatic rings. The minimum Gasteiger partial charge on any atom is -0.313 e. The SMILES string of the molecule is FC(F)(F)C1CCC(CCC2CCCCC2)NC1. The van der Waals surface area contributed by atoms with Crippen molar-refractivity contribution in [3.05, 3.63) is 0 Å². The highest BCUT2D eigenvalue weighted by molar-refractivity contribution is 4.82. The summed E-state index contributed by atoms with van der Waals surface area (Å²) >= 11 is 0. The average molecular weight is 263 g/mol. The summed E-state index contributed by atoms with van der Waals surface area (Å²) in [5.74, 6) is -0.288. The second-order valence-electron chi connectivity index (χ2n) is 6.00. The number of piperidine rings is 1. The highest BCUT2D eigenvalue weighted by Gasteiger charge is 2.41. The molecule has 0 bridgehead atoms. The van der Waals surface area contributed by atoms with Crippen LogP contribution in [0.15, 0.2) is 0 Å². The Kier molecular flexibility index (Phi) is 4.93. The minimum absolute atomic E-state index is 0.124. The molecule has 2 unspecified atom stereocenters. The van der Waals surface area contributed by atoms with Gasteiger partial charge < -0.3 is 5.32 Å². The van der Waals surface area contributed by atoms with E-state index in [9.17, 15) is 13.2 Å². The lowest BCUT2D eigenvalue weighted by atomic mass is 9.83. The first-order valence-electron chi connectivity index (χ1n) is 7.36. The monoisotopic (exact) mass is 263 g/mol. The summed E-state index contributed by atoms with van der Waals surface area (Å²) in [7, 11) is 0. The number of alkyl halides is 3. The molecule has 0 amide bonds. The van der Waals surface area contributed by atoms with Crippen molar-refractivity contribution < 1.29 is 13.2 Å². The van der Waals surface area contributed by atoms with Gasteiger partial charge in [0.15, 0.2) is 0 Å². The van der Waals surface area contributed by atoms with E-state index < -0.39 is 12.1 Å². The van der Waals surface area contributed by atoms with Crippen LogP contribution in [0.25, 0.3) is 0 Å². The summed E-state index contributed by atoms with van der Waals surface area (Å²) in [6.07, 6.45) is 5.98. The molecular weight excluding hydrogens is 239 g/mol. The zero-order valence-electron chi connectivity index (χ0n) is 10.9. The standard InChI is InChI=1S/C14H24F3N/c15-14(16,17)12-7-9-13(18-10-12)8-6-11-4-2-1-3-5-11/h11-13,18H,1-10H2. The molecule has 4 heteroatoms. The predicted octanol–water partition coefficient (Wildman–Crippen LogP) is 4.28. The van der Waals surface area contributed by atoms with E-state index in [1.807, 2.05) is 0 Å². The molecule has 2 atom stereocenters. The van der Waals surface area contributed by atoms with E-state index in [1.165, 1.54) is 38.5 Å². The van der Waals surface area contributed by atoms with E-state index in [2.05, 4.69) is 5.32 Å². The summed E-state index contributed by atoms with van der Waals surface area (Å²) < 4.78 is 37.5. The van der Waals surface area contributed by atoms with Crippen LogP contribution in [0.2, 0.25) is 0 Å². The third-order valence-corrected chi connectivity index (χ3v) is 4.63. The maximum Gasteiger partial charge on any atom is 0.393 e. The fraction of sp³-hybridized carbons (Fsp3) is 1.00. The van der Waals surface area contributed by atoms with Crippen molar-refractivity contribution >= 4 is 0 Å². The van der Waals surface area contributed by atoms with Gasteiger partial charge >= 0.3 is 6.18 Å². The van der Waals surface area contributed by atoms with E-state index in [1.54, 1.807) is 0 Å². The molecule has 18 heavy (non-hydrogen) atoms. The van der Waals surface area contributed by atoms with Crippen LogP contribution in [0.3, 0.4) is 0 Å². The smallest absolute Gasteiger partial charge is 0.313 e. The van der Waals surface area contributed by atoms with Gasteiger partial charge in [0.1, 0.15) is 0 Å². The normalized spacial score (nSPS) is 31.5. The second kappa shape index (κ2) is 6.27. The zero-order chi connectivity index (χ0) is 13.0. The van der Waals surface area contributed by atoms with Gasteiger partial charge in [0.05, 0.1) is 5.92 Å². The zero-order valence-corrected chi connectivity index (χ0v) is 10.9.